The molecule has 0 aromatic carbocycles. The van der Waals surface area contributed by atoms with Crippen LogP contribution >= 0.6 is 0 Å². The first-order chi connectivity index (χ1) is 8.27. The Morgan fingerprint density at radius 1 is 1.12 bits per heavy atom. The molecule has 3 rings (SSSR count). The van der Waals surface area contributed by atoms with Gasteiger partial charge < -0.3 is 15.2 Å². The summed E-state index contributed by atoms with van der Waals surface area (Å²) in [5.41, 5.74) is 6.13. The van der Waals surface area contributed by atoms with Crippen LogP contribution in [-0.4, -0.2) is 55.5 Å². The third-order valence-corrected chi connectivity index (χ3v) is 4.64. The Morgan fingerprint density at radius 3 is 2.65 bits per heavy atom. The normalized spacial score (nSPS) is 38.6. The molecule has 3 aliphatic heterocycles. The molecule has 0 aliphatic carbocycles. The number of nitrogens with zero attached hydrogens (tertiary/aromatic N) is 1. The Labute approximate surface area is 103 Å². The fourth-order valence-electron chi connectivity index (χ4n) is 3.55. The van der Waals surface area contributed by atoms with Crippen LogP contribution in [0.25, 0.3) is 0 Å². The highest BCUT2D eigenvalue weighted by molar-refractivity contribution is 4.94. The molecule has 3 heterocycles. The smallest absolute Gasteiger partial charge is 0.0741 e. The molecule has 98 valence electrons. The van der Waals surface area contributed by atoms with Crippen LogP contribution in [0.1, 0.15) is 32.1 Å². The first-order valence-corrected chi connectivity index (χ1v) is 6.99. The van der Waals surface area contributed by atoms with Gasteiger partial charge >= 0.3 is 0 Å². The van der Waals surface area contributed by atoms with Crippen LogP contribution in [0.2, 0.25) is 0 Å². The SMILES string of the molecule is NC1CCN(C2CCOC3(CCOCC3)C2)C1. The first kappa shape index (κ1) is 11.9. The highest BCUT2D eigenvalue weighted by Gasteiger charge is 2.41. The Balaban J connectivity index is 1.62. The molecule has 4 nitrogen and oxygen atoms in total. The van der Waals surface area contributed by atoms with Gasteiger partial charge in [0.05, 0.1) is 5.60 Å². The molecule has 0 saturated carbocycles. The largest absolute Gasteiger partial charge is 0.381 e. The lowest BCUT2D eigenvalue weighted by Gasteiger charge is -2.45. The quantitative estimate of drug-likeness (QED) is 0.734. The molecule has 0 aromatic rings. The molecule has 3 aliphatic rings. The van der Waals surface area contributed by atoms with Gasteiger partial charge in [0.1, 0.15) is 0 Å². The fraction of sp³-hybridized carbons (Fsp3) is 1.00. The molecule has 0 aromatic heterocycles. The number of likely N-dealkylation sites (tertiary alicyclic amines) is 1. The highest BCUT2D eigenvalue weighted by Crippen LogP contribution is 2.36. The van der Waals surface area contributed by atoms with Crippen molar-refractivity contribution in [3.63, 3.8) is 0 Å². The van der Waals surface area contributed by atoms with Crippen LogP contribution in [0.3, 0.4) is 0 Å². The van der Waals surface area contributed by atoms with Gasteiger partial charge in [0.2, 0.25) is 0 Å². The van der Waals surface area contributed by atoms with E-state index in [0.717, 1.165) is 45.6 Å². The molecule has 0 bridgehead atoms. The van der Waals surface area contributed by atoms with E-state index in [1.54, 1.807) is 0 Å². The van der Waals surface area contributed by atoms with E-state index in [0.29, 0.717) is 12.1 Å². The zero-order valence-electron chi connectivity index (χ0n) is 10.6. The lowest BCUT2D eigenvalue weighted by molar-refractivity contribution is -0.150. The molecule has 2 unspecified atom stereocenters. The minimum Gasteiger partial charge on any atom is -0.381 e. The Hall–Kier alpha value is -0.160. The third kappa shape index (κ3) is 2.50. The summed E-state index contributed by atoms with van der Waals surface area (Å²) in [5.74, 6) is 0. The fourth-order valence-corrected chi connectivity index (χ4v) is 3.55. The predicted octanol–water partition coefficient (Wildman–Crippen LogP) is 0.748. The molecule has 3 fully saturated rings. The average Bonchev–Trinajstić information content (AvgIpc) is 2.77. The van der Waals surface area contributed by atoms with Crippen LogP contribution in [0.5, 0.6) is 0 Å². The number of ether oxygens (including phenoxy) is 2. The number of nitrogens with two attached hydrogens (primary N) is 1. The number of hydrogen-bond donors (Lipinski definition) is 1. The van der Waals surface area contributed by atoms with E-state index in [1.807, 2.05) is 0 Å². The Kier molecular flexibility index (Phi) is 3.39. The van der Waals surface area contributed by atoms with Gasteiger partial charge in [-0.2, -0.15) is 0 Å². The first-order valence-electron chi connectivity index (χ1n) is 6.99. The van der Waals surface area contributed by atoms with Gasteiger partial charge in [-0.25, -0.2) is 0 Å². The van der Waals surface area contributed by atoms with Crippen molar-refractivity contribution in [1.29, 1.82) is 0 Å². The van der Waals surface area contributed by atoms with Crippen molar-refractivity contribution in [2.45, 2.75) is 49.8 Å². The minimum atomic E-state index is 0.119. The molecular weight excluding hydrogens is 216 g/mol. The summed E-state index contributed by atoms with van der Waals surface area (Å²) < 4.78 is 11.5. The van der Waals surface area contributed by atoms with Crippen molar-refractivity contribution in [3.8, 4) is 0 Å². The van der Waals surface area contributed by atoms with Crippen LogP contribution < -0.4 is 5.73 Å². The molecule has 1 spiro atoms. The van der Waals surface area contributed by atoms with Gasteiger partial charge in [-0.05, 0) is 32.1 Å². The van der Waals surface area contributed by atoms with E-state index in [2.05, 4.69) is 4.90 Å². The van der Waals surface area contributed by atoms with Gasteiger partial charge in [0.15, 0.2) is 0 Å². The minimum absolute atomic E-state index is 0.119. The monoisotopic (exact) mass is 240 g/mol. The molecule has 3 saturated heterocycles. The standard InChI is InChI=1S/C13H24N2O2/c14-11-1-5-15(10-11)12-2-6-17-13(9-12)3-7-16-8-4-13/h11-12H,1-10,14H2. The molecule has 2 atom stereocenters. The second-order valence-corrected chi connectivity index (χ2v) is 5.83. The van der Waals surface area contributed by atoms with Crippen LogP contribution in [0.15, 0.2) is 0 Å². The van der Waals surface area contributed by atoms with Crippen molar-refractivity contribution in [1.82, 2.24) is 4.90 Å². The van der Waals surface area contributed by atoms with E-state index in [4.69, 9.17) is 15.2 Å². The second kappa shape index (κ2) is 4.84. The van der Waals surface area contributed by atoms with Crippen LogP contribution in [0.4, 0.5) is 0 Å². The Morgan fingerprint density at radius 2 is 1.94 bits per heavy atom. The number of hydrogen-bond acceptors (Lipinski definition) is 4. The molecule has 17 heavy (non-hydrogen) atoms. The van der Waals surface area contributed by atoms with Crippen molar-refractivity contribution in [2.75, 3.05) is 32.9 Å². The summed E-state index contributed by atoms with van der Waals surface area (Å²) >= 11 is 0. The summed E-state index contributed by atoms with van der Waals surface area (Å²) in [6.45, 7) is 4.91. The topological polar surface area (TPSA) is 47.7 Å². The van der Waals surface area contributed by atoms with Crippen molar-refractivity contribution in [3.05, 3.63) is 0 Å². The summed E-state index contributed by atoms with van der Waals surface area (Å²) in [7, 11) is 0. The lowest BCUT2D eigenvalue weighted by atomic mass is 9.83. The molecule has 0 amide bonds. The van der Waals surface area contributed by atoms with Gasteiger partial charge in [-0.15, -0.1) is 0 Å². The van der Waals surface area contributed by atoms with Gasteiger partial charge in [-0.1, -0.05) is 0 Å². The molecule has 4 heteroatoms. The summed E-state index contributed by atoms with van der Waals surface area (Å²) in [5, 5.41) is 0. The second-order valence-electron chi connectivity index (χ2n) is 5.83. The molecule has 2 N–H and O–H groups in total. The third-order valence-electron chi connectivity index (χ3n) is 4.64. The maximum absolute atomic E-state index is 6.09. The van der Waals surface area contributed by atoms with Crippen LogP contribution in [0, 0.1) is 0 Å². The van der Waals surface area contributed by atoms with Gasteiger partial charge in [0, 0.05) is 45.0 Å². The Bertz CT molecular complexity index is 261. The van der Waals surface area contributed by atoms with Crippen LogP contribution in [-0.2, 0) is 9.47 Å². The van der Waals surface area contributed by atoms with E-state index in [1.165, 1.54) is 19.4 Å². The van der Waals surface area contributed by atoms with Crippen molar-refractivity contribution in [2.24, 2.45) is 5.73 Å². The van der Waals surface area contributed by atoms with Gasteiger partial charge in [0.25, 0.3) is 0 Å². The average molecular weight is 240 g/mol. The number of rotatable bonds is 1. The zero-order valence-corrected chi connectivity index (χ0v) is 10.6. The summed E-state index contributed by atoms with van der Waals surface area (Å²) in [6, 6.07) is 1.08. The van der Waals surface area contributed by atoms with E-state index in [9.17, 15) is 0 Å². The molecule has 0 radical (unpaired) electrons. The summed E-state index contributed by atoms with van der Waals surface area (Å²) in [6.07, 6.45) is 5.67. The van der Waals surface area contributed by atoms with E-state index in [-0.39, 0.29) is 5.60 Å². The highest BCUT2D eigenvalue weighted by atomic mass is 16.5. The maximum Gasteiger partial charge on any atom is 0.0741 e. The zero-order chi connectivity index (χ0) is 11.7. The van der Waals surface area contributed by atoms with E-state index < -0.39 is 0 Å². The maximum atomic E-state index is 6.09. The predicted molar refractivity (Wildman–Crippen MR) is 65.9 cm³/mol. The van der Waals surface area contributed by atoms with Crippen molar-refractivity contribution >= 4 is 0 Å². The summed E-state index contributed by atoms with van der Waals surface area (Å²) in [4.78, 5) is 2.59. The molecular formula is C13H24N2O2. The lowest BCUT2D eigenvalue weighted by Crippen LogP contribution is -2.50. The van der Waals surface area contributed by atoms with E-state index >= 15 is 0 Å². The van der Waals surface area contributed by atoms with Crippen molar-refractivity contribution < 1.29 is 9.47 Å². The van der Waals surface area contributed by atoms with Gasteiger partial charge in [-0.3, -0.25) is 4.90 Å².